The van der Waals surface area contributed by atoms with E-state index in [0.29, 0.717) is 0 Å². The minimum absolute atomic E-state index is 0.253. The molecule has 0 radical (unpaired) electrons. The van der Waals surface area contributed by atoms with Crippen molar-refractivity contribution in [2.45, 2.75) is 13.0 Å². The van der Waals surface area contributed by atoms with Gasteiger partial charge < -0.3 is 5.73 Å². The molecule has 0 saturated carbocycles. The van der Waals surface area contributed by atoms with E-state index < -0.39 is 11.9 Å². The molecule has 2 N–H and O–H groups in total. The van der Waals surface area contributed by atoms with Crippen LogP contribution in [-0.2, 0) is 0 Å². The molecule has 0 fully saturated rings. The summed E-state index contributed by atoms with van der Waals surface area (Å²) in [5, 5.41) is 8.44. The molecule has 0 aliphatic rings. The summed E-state index contributed by atoms with van der Waals surface area (Å²) < 4.78 is 13.1. The fraction of sp³-hybridized carbons (Fsp3) is 0.222. The number of nitriles is 1. The molecule has 3 heteroatoms. The van der Waals surface area contributed by atoms with Gasteiger partial charge in [0.1, 0.15) is 11.9 Å². The van der Waals surface area contributed by atoms with Crippen molar-refractivity contribution in [2.75, 3.05) is 0 Å². The lowest BCUT2D eigenvalue weighted by Gasteiger charge is -2.04. The molecule has 1 aromatic rings. The maximum Gasteiger partial charge on any atom is 0.129 e. The minimum Gasteiger partial charge on any atom is -0.312 e. The third kappa shape index (κ3) is 1.60. The monoisotopic (exact) mass is 164 g/mol. The Morgan fingerprint density at radius 2 is 2.25 bits per heavy atom. The maximum absolute atomic E-state index is 13.1. The Morgan fingerprint density at radius 3 is 2.75 bits per heavy atom. The third-order valence-corrected chi connectivity index (χ3v) is 1.63. The number of hydrogen-bond donors (Lipinski definition) is 1. The first-order chi connectivity index (χ1) is 5.65. The number of benzene rings is 1. The van der Waals surface area contributed by atoms with Gasteiger partial charge in [-0.25, -0.2) is 4.39 Å². The van der Waals surface area contributed by atoms with E-state index >= 15 is 0 Å². The molecule has 1 rings (SSSR count). The summed E-state index contributed by atoms with van der Waals surface area (Å²) in [4.78, 5) is 0. The van der Waals surface area contributed by atoms with Gasteiger partial charge in [0.25, 0.3) is 0 Å². The molecule has 1 aromatic carbocycles. The smallest absolute Gasteiger partial charge is 0.129 e. The van der Waals surface area contributed by atoms with E-state index in [1.54, 1.807) is 25.1 Å². The second-order valence-corrected chi connectivity index (χ2v) is 2.63. The van der Waals surface area contributed by atoms with E-state index in [4.69, 9.17) is 11.0 Å². The first kappa shape index (κ1) is 8.69. The molecule has 12 heavy (non-hydrogen) atoms. The van der Waals surface area contributed by atoms with Crippen LogP contribution in [0.4, 0.5) is 4.39 Å². The van der Waals surface area contributed by atoms with Gasteiger partial charge in [-0.05, 0) is 18.6 Å². The van der Waals surface area contributed by atoms with Gasteiger partial charge in [0.2, 0.25) is 0 Å². The molecular weight excluding hydrogens is 155 g/mol. The number of nitrogens with zero attached hydrogens (tertiary/aromatic N) is 1. The van der Waals surface area contributed by atoms with Gasteiger partial charge in [-0.1, -0.05) is 12.1 Å². The molecule has 0 amide bonds. The van der Waals surface area contributed by atoms with E-state index in [1.165, 1.54) is 6.07 Å². The van der Waals surface area contributed by atoms with E-state index in [-0.39, 0.29) is 5.56 Å². The van der Waals surface area contributed by atoms with Crippen LogP contribution >= 0.6 is 0 Å². The average molecular weight is 164 g/mol. The van der Waals surface area contributed by atoms with Crippen LogP contribution < -0.4 is 5.73 Å². The molecule has 0 aliphatic carbocycles. The molecule has 0 aliphatic heterocycles. The van der Waals surface area contributed by atoms with Gasteiger partial charge in [-0.2, -0.15) is 5.26 Å². The first-order valence-corrected chi connectivity index (χ1v) is 3.56. The Labute approximate surface area is 70.4 Å². The largest absolute Gasteiger partial charge is 0.312 e. The van der Waals surface area contributed by atoms with Gasteiger partial charge in [-0.3, -0.25) is 0 Å². The number of aryl methyl sites for hydroxylation is 1. The Hall–Kier alpha value is -1.40. The summed E-state index contributed by atoms with van der Waals surface area (Å²) in [5.41, 5.74) is 6.42. The van der Waals surface area contributed by atoms with Crippen molar-refractivity contribution >= 4 is 0 Å². The summed E-state index contributed by atoms with van der Waals surface area (Å²) in [5.74, 6) is -0.413. The van der Waals surface area contributed by atoms with Gasteiger partial charge in [0, 0.05) is 5.56 Å². The number of halogens is 1. The highest BCUT2D eigenvalue weighted by Crippen LogP contribution is 2.15. The Balaban J connectivity index is 3.11. The Bertz CT molecular complexity index is 328. The van der Waals surface area contributed by atoms with E-state index in [0.717, 1.165) is 5.56 Å². The van der Waals surface area contributed by atoms with Crippen LogP contribution in [-0.4, -0.2) is 0 Å². The summed E-state index contributed by atoms with van der Waals surface area (Å²) >= 11 is 0. The molecule has 1 atom stereocenters. The molecule has 0 heterocycles. The van der Waals surface area contributed by atoms with Crippen molar-refractivity contribution in [1.82, 2.24) is 0 Å². The van der Waals surface area contributed by atoms with Crippen LogP contribution in [0, 0.1) is 24.1 Å². The maximum atomic E-state index is 13.1. The first-order valence-electron chi connectivity index (χ1n) is 3.56. The lowest BCUT2D eigenvalue weighted by atomic mass is 10.1. The number of nitrogens with two attached hydrogens (primary N) is 1. The minimum atomic E-state index is -0.870. The number of hydrogen-bond acceptors (Lipinski definition) is 2. The van der Waals surface area contributed by atoms with Crippen molar-refractivity contribution < 1.29 is 4.39 Å². The van der Waals surface area contributed by atoms with Gasteiger partial charge >= 0.3 is 0 Å². The second-order valence-electron chi connectivity index (χ2n) is 2.63. The number of rotatable bonds is 1. The quantitative estimate of drug-likeness (QED) is 0.686. The molecule has 0 saturated heterocycles. The lowest BCUT2D eigenvalue weighted by Crippen LogP contribution is -2.09. The fourth-order valence-electron chi connectivity index (χ4n) is 0.954. The molecule has 62 valence electrons. The van der Waals surface area contributed by atoms with Gasteiger partial charge in [0.05, 0.1) is 6.07 Å². The van der Waals surface area contributed by atoms with Crippen LogP contribution in [0.2, 0.25) is 0 Å². The molecule has 0 aromatic heterocycles. The molecule has 0 bridgehead atoms. The van der Waals surface area contributed by atoms with E-state index in [9.17, 15) is 4.39 Å². The van der Waals surface area contributed by atoms with Crippen molar-refractivity contribution in [3.8, 4) is 6.07 Å². The van der Waals surface area contributed by atoms with Crippen molar-refractivity contribution in [1.29, 1.82) is 5.26 Å². The summed E-state index contributed by atoms with van der Waals surface area (Å²) in [6, 6.07) is 5.55. The normalized spacial score (nSPS) is 12.2. The standard InChI is InChI=1S/C9H9FN2/c1-6-2-3-7(8(10)4-6)9(12)5-11/h2-4,9H,12H2,1H3/t9-/m1/s1. The summed E-state index contributed by atoms with van der Waals surface area (Å²) in [7, 11) is 0. The SMILES string of the molecule is Cc1ccc([C@H](N)C#N)c(F)c1. The topological polar surface area (TPSA) is 49.8 Å². The van der Waals surface area contributed by atoms with E-state index in [2.05, 4.69) is 0 Å². The fourth-order valence-corrected chi connectivity index (χ4v) is 0.954. The van der Waals surface area contributed by atoms with Gasteiger partial charge in [0.15, 0.2) is 0 Å². The van der Waals surface area contributed by atoms with Crippen molar-refractivity contribution in [3.63, 3.8) is 0 Å². The predicted octanol–water partition coefficient (Wildman–Crippen LogP) is 1.66. The molecule has 0 unspecified atom stereocenters. The van der Waals surface area contributed by atoms with Crippen LogP contribution in [0.5, 0.6) is 0 Å². The zero-order valence-electron chi connectivity index (χ0n) is 6.71. The summed E-state index contributed by atoms with van der Waals surface area (Å²) in [6.45, 7) is 1.78. The zero-order valence-corrected chi connectivity index (χ0v) is 6.71. The van der Waals surface area contributed by atoms with Crippen molar-refractivity contribution in [3.05, 3.63) is 35.1 Å². The summed E-state index contributed by atoms with van der Waals surface area (Å²) in [6.07, 6.45) is 0. The van der Waals surface area contributed by atoms with Gasteiger partial charge in [-0.15, -0.1) is 0 Å². The Kier molecular flexibility index (Phi) is 2.41. The molecular formula is C9H9FN2. The molecule has 0 spiro atoms. The highest BCUT2D eigenvalue weighted by Gasteiger charge is 2.09. The predicted molar refractivity (Wildman–Crippen MR) is 43.7 cm³/mol. The van der Waals surface area contributed by atoms with Crippen molar-refractivity contribution in [2.24, 2.45) is 5.73 Å². The lowest BCUT2D eigenvalue weighted by molar-refractivity contribution is 0.602. The molecule has 2 nitrogen and oxygen atoms in total. The third-order valence-electron chi connectivity index (χ3n) is 1.63. The average Bonchev–Trinajstić information content (AvgIpc) is 2.03. The highest BCUT2D eigenvalue weighted by atomic mass is 19.1. The van der Waals surface area contributed by atoms with Crippen LogP contribution in [0.15, 0.2) is 18.2 Å². The zero-order chi connectivity index (χ0) is 9.14. The van der Waals surface area contributed by atoms with Crippen LogP contribution in [0.1, 0.15) is 17.2 Å². The Morgan fingerprint density at radius 1 is 1.58 bits per heavy atom. The van der Waals surface area contributed by atoms with Crippen LogP contribution in [0.3, 0.4) is 0 Å². The second kappa shape index (κ2) is 3.33. The van der Waals surface area contributed by atoms with Crippen LogP contribution in [0.25, 0.3) is 0 Å². The highest BCUT2D eigenvalue weighted by molar-refractivity contribution is 5.28. The van der Waals surface area contributed by atoms with E-state index in [1.807, 2.05) is 0 Å².